The molecule has 2 aromatic carbocycles. The first kappa shape index (κ1) is 20.1. The van der Waals surface area contributed by atoms with Gasteiger partial charge in [-0.25, -0.2) is 4.39 Å². The zero-order valence-corrected chi connectivity index (χ0v) is 16.3. The van der Waals surface area contributed by atoms with Gasteiger partial charge in [0, 0.05) is 10.4 Å². The standard InChI is InChI=1S/C20H21BrFNO3/c1-13(9-14-5-3-8-17(22)10-14)20(25)23-18(12-19(24)26-2)15-6-4-7-16(21)11-15/h3-8,10-11,13,18H,9,12H2,1-2H3,(H,23,25). The number of amides is 1. The lowest BCUT2D eigenvalue weighted by Crippen LogP contribution is -2.35. The monoisotopic (exact) mass is 421 g/mol. The van der Waals surface area contributed by atoms with Crippen LogP contribution in [0.4, 0.5) is 4.39 Å². The molecule has 2 unspecified atom stereocenters. The van der Waals surface area contributed by atoms with Gasteiger partial charge < -0.3 is 10.1 Å². The SMILES string of the molecule is COC(=O)CC(NC(=O)C(C)Cc1cccc(F)c1)c1cccc(Br)c1. The Balaban J connectivity index is 2.10. The van der Waals surface area contributed by atoms with E-state index in [1.807, 2.05) is 24.3 Å². The van der Waals surface area contributed by atoms with E-state index < -0.39 is 12.0 Å². The maximum absolute atomic E-state index is 13.3. The van der Waals surface area contributed by atoms with Crippen LogP contribution in [0.1, 0.15) is 30.5 Å². The largest absolute Gasteiger partial charge is 0.469 e. The third-order valence-corrected chi connectivity index (χ3v) is 4.54. The lowest BCUT2D eigenvalue weighted by atomic mass is 9.98. The number of ether oxygens (including phenoxy) is 1. The lowest BCUT2D eigenvalue weighted by Gasteiger charge is -2.21. The highest BCUT2D eigenvalue weighted by Crippen LogP contribution is 2.22. The predicted molar refractivity (Wildman–Crippen MR) is 101 cm³/mol. The first-order valence-electron chi connectivity index (χ1n) is 8.26. The molecule has 0 radical (unpaired) electrons. The number of esters is 1. The van der Waals surface area contributed by atoms with Crippen LogP contribution in [0.3, 0.4) is 0 Å². The smallest absolute Gasteiger partial charge is 0.307 e. The average molecular weight is 422 g/mol. The number of nitrogens with one attached hydrogen (secondary N) is 1. The molecule has 0 aliphatic heterocycles. The number of carbonyl (C=O) groups is 2. The van der Waals surface area contributed by atoms with Gasteiger partial charge in [0.05, 0.1) is 19.6 Å². The van der Waals surface area contributed by atoms with Crippen molar-refractivity contribution >= 4 is 27.8 Å². The van der Waals surface area contributed by atoms with E-state index in [4.69, 9.17) is 4.74 Å². The van der Waals surface area contributed by atoms with E-state index in [0.29, 0.717) is 6.42 Å². The minimum Gasteiger partial charge on any atom is -0.469 e. The Morgan fingerprint density at radius 3 is 2.58 bits per heavy atom. The second-order valence-electron chi connectivity index (χ2n) is 6.13. The minimum absolute atomic E-state index is 0.0331. The number of benzene rings is 2. The third kappa shape index (κ3) is 5.95. The first-order valence-corrected chi connectivity index (χ1v) is 9.05. The molecule has 4 nitrogen and oxygen atoms in total. The highest BCUT2D eigenvalue weighted by Gasteiger charge is 2.22. The fourth-order valence-electron chi connectivity index (χ4n) is 2.65. The minimum atomic E-state index is -0.498. The number of rotatable bonds is 7. The highest BCUT2D eigenvalue weighted by atomic mass is 79.9. The maximum Gasteiger partial charge on any atom is 0.307 e. The van der Waals surface area contributed by atoms with Crippen LogP contribution in [0, 0.1) is 11.7 Å². The van der Waals surface area contributed by atoms with Crippen LogP contribution in [0.25, 0.3) is 0 Å². The Labute approximate surface area is 160 Å². The Morgan fingerprint density at radius 1 is 1.19 bits per heavy atom. The van der Waals surface area contributed by atoms with Gasteiger partial charge in [-0.3, -0.25) is 9.59 Å². The molecular formula is C20H21BrFNO3. The van der Waals surface area contributed by atoms with Crippen LogP contribution in [0.5, 0.6) is 0 Å². The van der Waals surface area contributed by atoms with E-state index in [1.165, 1.54) is 19.2 Å². The van der Waals surface area contributed by atoms with Gasteiger partial charge in [0.25, 0.3) is 0 Å². The van der Waals surface area contributed by atoms with Gasteiger partial charge in [0.2, 0.25) is 5.91 Å². The second-order valence-corrected chi connectivity index (χ2v) is 7.05. The van der Waals surface area contributed by atoms with Gasteiger partial charge in [-0.2, -0.15) is 0 Å². The summed E-state index contributed by atoms with van der Waals surface area (Å²) in [6.45, 7) is 1.77. The molecular weight excluding hydrogens is 401 g/mol. The van der Waals surface area contributed by atoms with E-state index in [9.17, 15) is 14.0 Å². The van der Waals surface area contributed by atoms with Gasteiger partial charge in [0.15, 0.2) is 0 Å². The zero-order valence-electron chi connectivity index (χ0n) is 14.7. The van der Waals surface area contributed by atoms with Crippen molar-refractivity contribution in [2.24, 2.45) is 5.92 Å². The first-order chi connectivity index (χ1) is 12.4. The number of carbonyl (C=O) groups excluding carboxylic acids is 2. The fourth-order valence-corrected chi connectivity index (χ4v) is 3.07. The van der Waals surface area contributed by atoms with E-state index in [2.05, 4.69) is 21.2 Å². The Morgan fingerprint density at radius 2 is 1.92 bits per heavy atom. The molecule has 1 amide bonds. The predicted octanol–water partition coefficient (Wildman–Crippen LogP) is 4.19. The molecule has 0 aromatic heterocycles. The van der Waals surface area contributed by atoms with E-state index in [-0.39, 0.29) is 24.1 Å². The van der Waals surface area contributed by atoms with Crippen LogP contribution in [0.15, 0.2) is 53.0 Å². The average Bonchev–Trinajstić information content (AvgIpc) is 2.60. The Kier molecular flexibility index (Phi) is 7.33. The van der Waals surface area contributed by atoms with Gasteiger partial charge in [0.1, 0.15) is 5.82 Å². The van der Waals surface area contributed by atoms with Gasteiger partial charge >= 0.3 is 5.97 Å². The number of hydrogen-bond acceptors (Lipinski definition) is 3. The number of hydrogen-bond donors (Lipinski definition) is 1. The van der Waals surface area contributed by atoms with Gasteiger partial charge in [-0.05, 0) is 41.8 Å². The highest BCUT2D eigenvalue weighted by molar-refractivity contribution is 9.10. The third-order valence-electron chi connectivity index (χ3n) is 4.04. The Hall–Kier alpha value is -2.21. The maximum atomic E-state index is 13.3. The Bertz CT molecular complexity index is 781. The molecule has 0 saturated heterocycles. The van der Waals surface area contributed by atoms with Crippen molar-refractivity contribution in [3.05, 3.63) is 69.9 Å². The summed E-state index contributed by atoms with van der Waals surface area (Å²) in [5.41, 5.74) is 1.55. The van der Waals surface area contributed by atoms with Gasteiger partial charge in [-0.15, -0.1) is 0 Å². The molecule has 2 rings (SSSR count). The second kappa shape index (κ2) is 9.48. The summed E-state index contributed by atoms with van der Waals surface area (Å²) < 4.78 is 18.9. The molecule has 0 aliphatic rings. The summed E-state index contributed by atoms with van der Waals surface area (Å²) in [6, 6.07) is 13.1. The number of methoxy groups -OCH3 is 1. The van der Waals surface area contributed by atoms with Crippen molar-refractivity contribution in [3.63, 3.8) is 0 Å². The normalized spacial score (nSPS) is 12.9. The molecule has 2 atom stereocenters. The van der Waals surface area contributed by atoms with E-state index in [1.54, 1.807) is 19.1 Å². The summed E-state index contributed by atoms with van der Waals surface area (Å²) in [5, 5.41) is 2.91. The van der Waals surface area contributed by atoms with Crippen LogP contribution in [-0.2, 0) is 20.7 Å². The van der Waals surface area contributed by atoms with Crippen molar-refractivity contribution in [1.29, 1.82) is 0 Å². The summed E-state index contributed by atoms with van der Waals surface area (Å²) in [7, 11) is 1.31. The number of halogens is 2. The van der Waals surface area contributed by atoms with Crippen molar-refractivity contribution in [2.75, 3.05) is 7.11 Å². The molecule has 0 aliphatic carbocycles. The van der Waals surface area contributed by atoms with Crippen molar-refractivity contribution in [1.82, 2.24) is 5.32 Å². The topological polar surface area (TPSA) is 55.4 Å². The van der Waals surface area contributed by atoms with Crippen molar-refractivity contribution in [3.8, 4) is 0 Å². The molecule has 6 heteroatoms. The molecule has 0 spiro atoms. The quantitative estimate of drug-likeness (QED) is 0.681. The molecule has 0 fully saturated rings. The fraction of sp³-hybridized carbons (Fsp3) is 0.300. The zero-order chi connectivity index (χ0) is 19.1. The van der Waals surface area contributed by atoms with Crippen LogP contribution in [-0.4, -0.2) is 19.0 Å². The van der Waals surface area contributed by atoms with E-state index >= 15 is 0 Å². The summed E-state index contributed by atoms with van der Waals surface area (Å²) in [5.74, 6) is -1.31. The molecule has 26 heavy (non-hydrogen) atoms. The van der Waals surface area contributed by atoms with Crippen LogP contribution < -0.4 is 5.32 Å². The molecule has 1 N–H and O–H groups in total. The van der Waals surface area contributed by atoms with Gasteiger partial charge in [-0.1, -0.05) is 47.1 Å². The van der Waals surface area contributed by atoms with Crippen LogP contribution in [0.2, 0.25) is 0 Å². The van der Waals surface area contributed by atoms with Crippen molar-refractivity contribution < 1.29 is 18.7 Å². The van der Waals surface area contributed by atoms with Crippen LogP contribution >= 0.6 is 15.9 Å². The summed E-state index contributed by atoms with van der Waals surface area (Å²) >= 11 is 3.40. The van der Waals surface area contributed by atoms with E-state index in [0.717, 1.165) is 15.6 Å². The molecule has 0 bridgehead atoms. The lowest BCUT2D eigenvalue weighted by molar-refractivity contribution is -0.141. The summed E-state index contributed by atoms with van der Waals surface area (Å²) in [6.07, 6.45) is 0.443. The molecule has 0 heterocycles. The molecule has 138 valence electrons. The molecule has 0 saturated carbocycles. The summed E-state index contributed by atoms with van der Waals surface area (Å²) in [4.78, 5) is 24.3. The molecule has 2 aromatic rings. The van der Waals surface area contributed by atoms with Crippen molar-refractivity contribution in [2.45, 2.75) is 25.8 Å².